The Bertz CT molecular complexity index is 1010. The van der Waals surface area contributed by atoms with Crippen molar-refractivity contribution in [3.05, 3.63) is 29.3 Å². The number of hydrogen-bond donors (Lipinski definition) is 0. The Kier molecular flexibility index (Phi) is 4.80. The zero-order valence-corrected chi connectivity index (χ0v) is 18.4. The van der Waals surface area contributed by atoms with Crippen LogP contribution >= 0.6 is 0 Å². The number of nitrogens with zero attached hydrogens (tertiary/aromatic N) is 3. The average molecular weight is 451 g/mol. The largest absolute Gasteiger partial charge is 0.417 e. The summed E-state index contributed by atoms with van der Waals surface area (Å²) in [6.45, 7) is 9.57. The SMILES string of the molecule is CC(C)(C)ON1CC2(C)OC(C)(C1)C1C(=O)N(c3ccc(C#N)c(C(F)(F)F)c3)C(=O)C12. The van der Waals surface area contributed by atoms with Crippen molar-refractivity contribution in [1.29, 1.82) is 5.26 Å². The Labute approximate surface area is 183 Å². The summed E-state index contributed by atoms with van der Waals surface area (Å²) < 4.78 is 46.5. The number of morpholine rings is 1. The maximum atomic E-state index is 13.4. The number of amides is 2. The van der Waals surface area contributed by atoms with E-state index in [1.54, 1.807) is 18.9 Å². The predicted molar refractivity (Wildman–Crippen MR) is 106 cm³/mol. The summed E-state index contributed by atoms with van der Waals surface area (Å²) in [7, 11) is 0. The molecule has 1 aromatic carbocycles. The third-order valence-electron chi connectivity index (χ3n) is 6.16. The topological polar surface area (TPSA) is 82.9 Å². The normalized spacial score (nSPS) is 32.9. The maximum Gasteiger partial charge on any atom is 0.417 e. The highest BCUT2D eigenvalue weighted by molar-refractivity contribution is 6.23. The van der Waals surface area contributed by atoms with Crippen LogP contribution in [-0.2, 0) is 25.3 Å². The molecular weight excluding hydrogens is 427 g/mol. The number of alkyl halides is 3. The Hall–Kier alpha value is -2.48. The van der Waals surface area contributed by atoms with Crippen molar-refractivity contribution in [3.8, 4) is 6.07 Å². The summed E-state index contributed by atoms with van der Waals surface area (Å²) in [5.41, 5.74) is -4.56. The van der Waals surface area contributed by atoms with Gasteiger partial charge in [-0.05, 0) is 52.8 Å². The lowest BCUT2D eigenvalue weighted by Crippen LogP contribution is -2.59. The number of hydroxylamine groups is 2. The molecule has 4 rings (SSSR count). The maximum absolute atomic E-state index is 13.4. The summed E-state index contributed by atoms with van der Waals surface area (Å²) >= 11 is 0. The summed E-state index contributed by atoms with van der Waals surface area (Å²) in [6.07, 6.45) is -4.80. The molecule has 0 spiro atoms. The second kappa shape index (κ2) is 6.76. The quantitative estimate of drug-likeness (QED) is 0.642. The molecule has 172 valence electrons. The molecule has 3 saturated heterocycles. The number of hydrogen-bond acceptors (Lipinski definition) is 6. The van der Waals surface area contributed by atoms with Crippen molar-refractivity contribution in [2.45, 2.75) is 57.6 Å². The van der Waals surface area contributed by atoms with Crippen LogP contribution in [0.2, 0.25) is 0 Å². The highest BCUT2D eigenvalue weighted by atomic mass is 19.4. The van der Waals surface area contributed by atoms with Crippen LogP contribution in [0.15, 0.2) is 18.2 Å². The monoisotopic (exact) mass is 451 g/mol. The van der Waals surface area contributed by atoms with E-state index in [2.05, 4.69) is 0 Å². The molecule has 0 aromatic heterocycles. The molecule has 1 aromatic rings. The minimum absolute atomic E-state index is 0.200. The van der Waals surface area contributed by atoms with Gasteiger partial charge in [0.1, 0.15) is 0 Å². The Morgan fingerprint density at radius 3 is 2.06 bits per heavy atom. The van der Waals surface area contributed by atoms with Crippen LogP contribution < -0.4 is 4.90 Å². The molecule has 4 unspecified atom stereocenters. The van der Waals surface area contributed by atoms with Gasteiger partial charge in [-0.3, -0.25) is 14.4 Å². The van der Waals surface area contributed by atoms with Gasteiger partial charge in [0.15, 0.2) is 0 Å². The van der Waals surface area contributed by atoms with Crippen LogP contribution in [0.4, 0.5) is 18.9 Å². The summed E-state index contributed by atoms with van der Waals surface area (Å²) in [5, 5.41) is 10.7. The minimum atomic E-state index is -4.80. The summed E-state index contributed by atoms with van der Waals surface area (Å²) in [5.74, 6) is -2.94. The van der Waals surface area contributed by atoms with E-state index in [0.29, 0.717) is 6.07 Å². The van der Waals surface area contributed by atoms with Gasteiger partial charge in [0.2, 0.25) is 11.8 Å². The number of imide groups is 1. The number of carbonyl (C=O) groups excluding carboxylic acids is 2. The van der Waals surface area contributed by atoms with Crippen molar-refractivity contribution in [3.63, 3.8) is 0 Å². The van der Waals surface area contributed by atoms with Crippen LogP contribution in [0.5, 0.6) is 0 Å². The highest BCUT2D eigenvalue weighted by Gasteiger charge is 2.72. The zero-order valence-electron chi connectivity index (χ0n) is 18.4. The van der Waals surface area contributed by atoms with Gasteiger partial charge in [-0.15, -0.1) is 0 Å². The molecule has 3 fully saturated rings. The van der Waals surface area contributed by atoms with E-state index in [1.807, 2.05) is 20.8 Å². The van der Waals surface area contributed by atoms with Crippen LogP contribution in [0.25, 0.3) is 0 Å². The van der Waals surface area contributed by atoms with Gasteiger partial charge < -0.3 is 4.74 Å². The van der Waals surface area contributed by atoms with E-state index in [1.165, 1.54) is 12.1 Å². The number of ether oxygens (including phenoxy) is 1. The Morgan fingerprint density at radius 2 is 1.62 bits per heavy atom. The van der Waals surface area contributed by atoms with Gasteiger partial charge >= 0.3 is 6.18 Å². The first-order valence-corrected chi connectivity index (χ1v) is 10.2. The lowest BCUT2D eigenvalue weighted by atomic mass is 9.79. The van der Waals surface area contributed by atoms with E-state index in [4.69, 9.17) is 14.8 Å². The molecule has 3 heterocycles. The first kappa shape index (κ1) is 22.7. The number of halogens is 3. The number of nitriles is 1. The van der Waals surface area contributed by atoms with E-state index in [-0.39, 0.29) is 18.8 Å². The number of rotatable bonds is 2. The van der Waals surface area contributed by atoms with Crippen LogP contribution in [-0.4, -0.2) is 46.8 Å². The fourth-order valence-electron chi connectivity index (χ4n) is 5.29. The number of benzene rings is 1. The first-order valence-electron chi connectivity index (χ1n) is 10.2. The zero-order chi connectivity index (χ0) is 23.9. The molecule has 4 atom stereocenters. The van der Waals surface area contributed by atoms with E-state index in [9.17, 15) is 22.8 Å². The van der Waals surface area contributed by atoms with E-state index < -0.39 is 57.8 Å². The van der Waals surface area contributed by atoms with Crippen molar-refractivity contribution >= 4 is 17.5 Å². The molecule has 2 amide bonds. The van der Waals surface area contributed by atoms with E-state index >= 15 is 0 Å². The van der Waals surface area contributed by atoms with Crippen molar-refractivity contribution in [2.24, 2.45) is 11.8 Å². The summed E-state index contributed by atoms with van der Waals surface area (Å²) in [6, 6.07) is 4.36. The molecule has 10 heteroatoms. The second-order valence-electron chi connectivity index (χ2n) is 10.0. The van der Waals surface area contributed by atoms with E-state index in [0.717, 1.165) is 11.0 Å². The molecule has 3 aliphatic heterocycles. The standard InChI is InChI=1S/C22H24F3N3O4/c1-19(2,3)32-27-10-20(4)15-16(21(5,11-27)31-20)18(30)28(17(15)29)13-7-6-12(9-26)14(8-13)22(23,24)25/h6-8,15-16H,10-11H2,1-5H3. The van der Waals surface area contributed by atoms with Crippen LogP contribution in [0.1, 0.15) is 45.7 Å². The van der Waals surface area contributed by atoms with Gasteiger partial charge in [-0.2, -0.15) is 23.5 Å². The molecule has 32 heavy (non-hydrogen) atoms. The first-order chi connectivity index (χ1) is 14.6. The predicted octanol–water partition coefficient (Wildman–Crippen LogP) is 3.28. The van der Waals surface area contributed by atoms with Gasteiger partial charge in [0.25, 0.3) is 0 Å². The fraction of sp³-hybridized carbons (Fsp3) is 0.591. The third-order valence-corrected chi connectivity index (χ3v) is 6.16. The highest BCUT2D eigenvalue weighted by Crippen LogP contribution is 2.56. The van der Waals surface area contributed by atoms with Crippen LogP contribution in [0.3, 0.4) is 0 Å². The number of carbonyl (C=O) groups is 2. The fourth-order valence-corrected chi connectivity index (χ4v) is 5.29. The number of fused-ring (bicyclic) bond motifs is 5. The minimum Gasteiger partial charge on any atom is -0.365 e. The molecule has 0 N–H and O–H groups in total. The van der Waals surface area contributed by atoms with Gasteiger partial charge in [0, 0.05) is 0 Å². The van der Waals surface area contributed by atoms with Crippen LogP contribution in [0, 0.1) is 23.2 Å². The van der Waals surface area contributed by atoms with Gasteiger partial charge in [-0.1, -0.05) is 0 Å². The average Bonchev–Trinajstić information content (AvgIpc) is 2.99. The Balaban J connectivity index is 1.73. The molecule has 0 radical (unpaired) electrons. The Morgan fingerprint density at radius 1 is 1.09 bits per heavy atom. The van der Waals surface area contributed by atoms with Crippen molar-refractivity contribution < 1.29 is 32.3 Å². The lowest BCUT2D eigenvalue weighted by Gasteiger charge is -2.45. The molecule has 0 aliphatic carbocycles. The molecule has 7 nitrogen and oxygen atoms in total. The van der Waals surface area contributed by atoms with Gasteiger partial charge in [-0.25, -0.2) is 4.90 Å². The second-order valence-corrected chi connectivity index (χ2v) is 10.0. The summed E-state index contributed by atoms with van der Waals surface area (Å²) in [4.78, 5) is 33.6. The molecule has 0 saturated carbocycles. The smallest absolute Gasteiger partial charge is 0.365 e. The molecule has 3 aliphatic rings. The number of anilines is 1. The lowest BCUT2D eigenvalue weighted by molar-refractivity contribution is -0.301. The third kappa shape index (κ3) is 3.39. The molecular formula is C22H24F3N3O4. The molecule has 2 bridgehead atoms. The van der Waals surface area contributed by atoms with Crippen molar-refractivity contribution in [2.75, 3.05) is 18.0 Å². The van der Waals surface area contributed by atoms with Gasteiger partial charge in [0.05, 0.1) is 64.6 Å². The van der Waals surface area contributed by atoms with Crippen molar-refractivity contribution in [1.82, 2.24) is 5.06 Å².